The summed E-state index contributed by atoms with van der Waals surface area (Å²) >= 11 is 0. The first kappa shape index (κ1) is 21.9. The van der Waals surface area contributed by atoms with Crippen LogP contribution in [-0.2, 0) is 27.9 Å². The highest BCUT2D eigenvalue weighted by molar-refractivity contribution is 7.92. The molecule has 1 aliphatic heterocycles. The van der Waals surface area contributed by atoms with Crippen molar-refractivity contribution < 1.29 is 17.9 Å². The number of nitrogens with one attached hydrogen (secondary N) is 1. The number of benzene rings is 2. The summed E-state index contributed by atoms with van der Waals surface area (Å²) in [4.78, 5) is 17.1. The van der Waals surface area contributed by atoms with E-state index in [4.69, 9.17) is 4.74 Å². The standard InChI is InChI=1S/C23H26N4O4S/c1-17-24-11-13-26(17)16-19-7-5-6-18(14-19)15-25-23(28)22-10-12-27(32(2,29)30)20-8-3-4-9-21(20)31-22/h3-9,11,13-14,22H,10,12,15-16H2,1-2H3,(H,25,28). The molecule has 0 saturated heterocycles. The number of hydrogen-bond donors (Lipinski definition) is 1. The second-order valence-electron chi connectivity index (χ2n) is 7.84. The van der Waals surface area contributed by atoms with Crippen molar-refractivity contribution in [3.63, 3.8) is 0 Å². The number of aryl methyl sites for hydroxylation is 1. The third kappa shape index (κ3) is 4.94. The van der Waals surface area contributed by atoms with Gasteiger partial charge in [-0.2, -0.15) is 0 Å². The number of carbonyl (C=O) groups excluding carboxylic acids is 1. The Morgan fingerprint density at radius 1 is 1.19 bits per heavy atom. The number of amides is 1. The average Bonchev–Trinajstić information content (AvgIpc) is 3.04. The first-order chi connectivity index (χ1) is 15.3. The summed E-state index contributed by atoms with van der Waals surface area (Å²) in [6, 6.07) is 14.9. The molecule has 8 nitrogen and oxygen atoms in total. The number of sulfonamides is 1. The van der Waals surface area contributed by atoms with E-state index >= 15 is 0 Å². The molecule has 1 aliphatic rings. The SMILES string of the molecule is Cc1nccn1Cc1cccc(CNC(=O)C2CCN(S(C)(=O)=O)c3ccccc3O2)c1. The van der Waals surface area contributed by atoms with Crippen LogP contribution in [0.25, 0.3) is 0 Å². The number of imidazole rings is 1. The summed E-state index contributed by atoms with van der Waals surface area (Å²) in [5, 5.41) is 2.93. The van der Waals surface area contributed by atoms with Gasteiger partial charge in [0.25, 0.3) is 5.91 Å². The Hall–Kier alpha value is -3.33. The van der Waals surface area contributed by atoms with Gasteiger partial charge >= 0.3 is 0 Å². The van der Waals surface area contributed by atoms with Crippen LogP contribution >= 0.6 is 0 Å². The van der Waals surface area contributed by atoms with E-state index in [9.17, 15) is 13.2 Å². The predicted octanol–water partition coefficient (Wildman–Crippen LogP) is 2.47. The van der Waals surface area contributed by atoms with Crippen LogP contribution in [-0.4, -0.2) is 42.8 Å². The molecule has 3 aromatic rings. The Morgan fingerprint density at radius 2 is 1.97 bits per heavy atom. The van der Waals surface area contributed by atoms with E-state index in [1.165, 1.54) is 4.31 Å². The number of aromatic nitrogens is 2. The molecule has 0 saturated carbocycles. The highest BCUT2D eigenvalue weighted by Gasteiger charge is 2.30. The average molecular weight is 455 g/mol. The molecule has 0 aliphatic carbocycles. The van der Waals surface area contributed by atoms with Crippen molar-refractivity contribution in [3.05, 3.63) is 77.9 Å². The number of hydrogen-bond acceptors (Lipinski definition) is 5. The summed E-state index contributed by atoms with van der Waals surface area (Å²) in [5.74, 6) is 1.05. The minimum absolute atomic E-state index is 0.174. The molecule has 1 unspecified atom stereocenters. The van der Waals surface area contributed by atoms with Crippen molar-refractivity contribution >= 4 is 21.6 Å². The Labute approximate surface area is 187 Å². The Kier molecular flexibility index (Phi) is 6.18. The molecule has 1 N–H and O–H groups in total. The van der Waals surface area contributed by atoms with Crippen LogP contribution in [0.4, 0.5) is 5.69 Å². The molecule has 32 heavy (non-hydrogen) atoms. The van der Waals surface area contributed by atoms with Crippen LogP contribution in [0.3, 0.4) is 0 Å². The van der Waals surface area contributed by atoms with Crippen LogP contribution in [0.5, 0.6) is 5.75 Å². The molecule has 0 bridgehead atoms. The van der Waals surface area contributed by atoms with Gasteiger partial charge in [0.05, 0.1) is 11.9 Å². The fourth-order valence-corrected chi connectivity index (χ4v) is 4.71. The molecule has 168 valence electrons. The van der Waals surface area contributed by atoms with Gasteiger partial charge in [-0.25, -0.2) is 13.4 Å². The van der Waals surface area contributed by atoms with Gasteiger partial charge in [-0.3, -0.25) is 9.10 Å². The maximum atomic E-state index is 12.9. The van der Waals surface area contributed by atoms with E-state index in [2.05, 4.69) is 14.9 Å². The number of rotatable bonds is 6. The van der Waals surface area contributed by atoms with Crippen molar-refractivity contribution in [2.75, 3.05) is 17.1 Å². The molecule has 4 rings (SSSR count). The fraction of sp³-hybridized carbons (Fsp3) is 0.304. The maximum Gasteiger partial charge on any atom is 0.261 e. The molecule has 0 spiro atoms. The van der Waals surface area contributed by atoms with Crippen molar-refractivity contribution in [1.82, 2.24) is 14.9 Å². The zero-order valence-corrected chi connectivity index (χ0v) is 18.9. The summed E-state index contributed by atoms with van der Waals surface area (Å²) in [6.07, 6.45) is 4.34. The number of carbonyl (C=O) groups is 1. The van der Waals surface area contributed by atoms with Gasteiger partial charge in [-0.05, 0) is 30.2 Å². The first-order valence-electron chi connectivity index (χ1n) is 10.4. The summed E-state index contributed by atoms with van der Waals surface area (Å²) in [6.45, 7) is 3.19. The number of fused-ring (bicyclic) bond motifs is 1. The van der Waals surface area contributed by atoms with Crippen LogP contribution in [0, 0.1) is 6.92 Å². The number of nitrogens with zero attached hydrogens (tertiary/aromatic N) is 3. The molecule has 0 radical (unpaired) electrons. The maximum absolute atomic E-state index is 12.9. The minimum atomic E-state index is -3.48. The van der Waals surface area contributed by atoms with Gasteiger partial charge in [0.15, 0.2) is 6.10 Å². The van der Waals surface area contributed by atoms with Gasteiger partial charge in [0, 0.05) is 38.4 Å². The normalized spacial score (nSPS) is 16.1. The topological polar surface area (TPSA) is 93.5 Å². The lowest BCUT2D eigenvalue weighted by Gasteiger charge is -2.20. The minimum Gasteiger partial charge on any atom is -0.478 e. The Morgan fingerprint density at radius 3 is 2.72 bits per heavy atom. The predicted molar refractivity (Wildman–Crippen MR) is 122 cm³/mol. The van der Waals surface area contributed by atoms with E-state index < -0.39 is 16.1 Å². The van der Waals surface area contributed by atoms with Crippen LogP contribution in [0.2, 0.25) is 0 Å². The third-order valence-corrected chi connectivity index (χ3v) is 6.60. The summed E-state index contributed by atoms with van der Waals surface area (Å²) < 4.78 is 33.7. The van der Waals surface area contributed by atoms with E-state index in [-0.39, 0.29) is 18.9 Å². The zero-order valence-electron chi connectivity index (χ0n) is 18.1. The number of ether oxygens (including phenoxy) is 1. The molecule has 1 atom stereocenters. The lowest BCUT2D eigenvalue weighted by molar-refractivity contribution is -0.128. The van der Waals surface area contributed by atoms with Crippen LogP contribution in [0.15, 0.2) is 60.9 Å². The summed E-state index contributed by atoms with van der Waals surface area (Å²) in [7, 11) is -3.48. The molecule has 0 fully saturated rings. The number of para-hydroxylation sites is 2. The van der Waals surface area contributed by atoms with E-state index in [1.807, 2.05) is 37.4 Å². The van der Waals surface area contributed by atoms with E-state index in [0.29, 0.717) is 24.5 Å². The Balaban J connectivity index is 1.43. The summed E-state index contributed by atoms with van der Waals surface area (Å²) in [5.41, 5.74) is 2.54. The molecular weight excluding hydrogens is 428 g/mol. The molecular formula is C23H26N4O4S. The van der Waals surface area contributed by atoms with Crippen molar-refractivity contribution in [2.45, 2.75) is 32.5 Å². The van der Waals surface area contributed by atoms with Gasteiger partial charge in [-0.15, -0.1) is 0 Å². The number of anilines is 1. The van der Waals surface area contributed by atoms with Crippen LogP contribution < -0.4 is 14.4 Å². The highest BCUT2D eigenvalue weighted by Crippen LogP contribution is 2.33. The third-order valence-electron chi connectivity index (χ3n) is 5.43. The molecule has 9 heteroatoms. The quantitative estimate of drug-likeness (QED) is 0.618. The van der Waals surface area contributed by atoms with E-state index in [1.54, 1.807) is 30.5 Å². The fourth-order valence-electron chi connectivity index (χ4n) is 3.77. The first-order valence-corrected chi connectivity index (χ1v) is 12.2. The van der Waals surface area contributed by atoms with Gasteiger partial charge in [-0.1, -0.05) is 36.4 Å². The second-order valence-corrected chi connectivity index (χ2v) is 9.74. The molecule has 2 heterocycles. The lowest BCUT2D eigenvalue weighted by atomic mass is 10.1. The Bertz CT molecular complexity index is 1220. The smallest absolute Gasteiger partial charge is 0.261 e. The monoisotopic (exact) mass is 454 g/mol. The zero-order chi connectivity index (χ0) is 22.7. The van der Waals surface area contributed by atoms with Gasteiger partial charge < -0.3 is 14.6 Å². The lowest BCUT2D eigenvalue weighted by Crippen LogP contribution is -2.39. The van der Waals surface area contributed by atoms with E-state index in [0.717, 1.165) is 23.2 Å². The van der Waals surface area contributed by atoms with Crippen LogP contribution in [0.1, 0.15) is 23.4 Å². The second kappa shape index (κ2) is 9.04. The molecule has 1 amide bonds. The van der Waals surface area contributed by atoms with Crippen molar-refractivity contribution in [1.29, 1.82) is 0 Å². The van der Waals surface area contributed by atoms with Gasteiger partial charge in [0.2, 0.25) is 10.0 Å². The van der Waals surface area contributed by atoms with Crippen molar-refractivity contribution in [3.8, 4) is 5.75 Å². The largest absolute Gasteiger partial charge is 0.478 e. The van der Waals surface area contributed by atoms with Crippen molar-refractivity contribution in [2.24, 2.45) is 0 Å². The molecule has 2 aromatic carbocycles. The molecule has 1 aromatic heterocycles. The highest BCUT2D eigenvalue weighted by atomic mass is 32.2. The van der Waals surface area contributed by atoms with Gasteiger partial charge in [0.1, 0.15) is 11.6 Å².